The Labute approximate surface area is 180 Å². The second-order valence-electron chi connectivity index (χ2n) is 6.77. The third kappa shape index (κ3) is 4.42. The van der Waals surface area contributed by atoms with Gasteiger partial charge in [-0.2, -0.15) is 31.4 Å². The van der Waals surface area contributed by atoms with Crippen molar-refractivity contribution in [3.63, 3.8) is 0 Å². The molecule has 170 valence electrons. The Morgan fingerprint density at radius 1 is 0.848 bits per heavy atom. The number of benzene rings is 2. The first-order chi connectivity index (χ1) is 15.4. The van der Waals surface area contributed by atoms with Crippen molar-refractivity contribution in [1.82, 2.24) is 24.8 Å². The van der Waals surface area contributed by atoms with Crippen LogP contribution in [0.5, 0.6) is 0 Å². The fourth-order valence-corrected chi connectivity index (χ4v) is 2.97. The normalized spacial score (nSPS) is 12.2. The van der Waals surface area contributed by atoms with Gasteiger partial charge in [0.25, 0.3) is 0 Å². The van der Waals surface area contributed by atoms with E-state index in [1.165, 1.54) is 59.4 Å². The highest BCUT2D eigenvalue weighted by atomic mass is 19.4. The molecule has 2 aromatic heterocycles. The molecule has 0 aliphatic heterocycles. The van der Waals surface area contributed by atoms with Crippen LogP contribution in [0.15, 0.2) is 60.8 Å². The molecule has 0 aliphatic carbocycles. The van der Waals surface area contributed by atoms with Gasteiger partial charge in [0.2, 0.25) is 0 Å². The van der Waals surface area contributed by atoms with Gasteiger partial charge in [-0.1, -0.05) is 17.3 Å². The monoisotopic (exact) mass is 467 g/mol. The molecule has 2 heterocycles. The van der Waals surface area contributed by atoms with Crippen molar-refractivity contribution in [2.75, 3.05) is 0 Å². The molecule has 4 aromatic rings. The Morgan fingerprint density at radius 2 is 1.45 bits per heavy atom. The van der Waals surface area contributed by atoms with Crippen molar-refractivity contribution in [3.05, 3.63) is 77.7 Å². The van der Waals surface area contributed by atoms with Gasteiger partial charge >= 0.3 is 18.3 Å². The Kier molecular flexibility index (Phi) is 5.18. The first kappa shape index (κ1) is 22.0. The number of alkyl halides is 6. The summed E-state index contributed by atoms with van der Waals surface area (Å²) in [6.45, 7) is 0. The molecule has 0 saturated carbocycles. The number of carboxylic acid groups (broad SMARTS) is 1. The maximum Gasteiger partial charge on any atom is 0.435 e. The van der Waals surface area contributed by atoms with E-state index in [4.69, 9.17) is 5.11 Å². The zero-order valence-corrected chi connectivity index (χ0v) is 16.1. The van der Waals surface area contributed by atoms with E-state index in [0.29, 0.717) is 16.9 Å². The summed E-state index contributed by atoms with van der Waals surface area (Å²) < 4.78 is 79.8. The summed E-state index contributed by atoms with van der Waals surface area (Å²) in [6.07, 6.45) is -8.58. The van der Waals surface area contributed by atoms with E-state index in [9.17, 15) is 31.1 Å². The number of hydrogen-bond donors (Lipinski definition) is 1. The maximum absolute atomic E-state index is 13.2. The van der Waals surface area contributed by atoms with E-state index in [0.717, 1.165) is 0 Å². The van der Waals surface area contributed by atoms with E-state index in [1.54, 1.807) is 0 Å². The highest BCUT2D eigenvalue weighted by Crippen LogP contribution is 2.36. The first-order valence-electron chi connectivity index (χ1n) is 9.05. The SMILES string of the molecule is O=C(O)c1ccc(-c2cn(-c3ccc(-n4nc(C(F)(F)F)cc4C(F)(F)F)cc3)nn2)cc1. The highest BCUT2D eigenvalue weighted by molar-refractivity contribution is 5.88. The molecule has 0 saturated heterocycles. The molecule has 0 amide bonds. The molecule has 0 unspecified atom stereocenters. The number of hydrogen-bond acceptors (Lipinski definition) is 4. The average molecular weight is 467 g/mol. The van der Waals surface area contributed by atoms with Crippen LogP contribution in [0.1, 0.15) is 21.7 Å². The molecule has 0 atom stereocenters. The maximum atomic E-state index is 13.2. The molecule has 0 spiro atoms. The van der Waals surface area contributed by atoms with Crippen LogP contribution in [0, 0.1) is 0 Å². The molecule has 33 heavy (non-hydrogen) atoms. The minimum absolute atomic E-state index is 0.0484. The Balaban J connectivity index is 1.64. The standard InChI is InChI=1S/C20H11F6N5O2/c21-19(22,23)16-9-17(20(24,25)26)31(28-16)14-7-5-13(6-8-14)30-10-15(27-29-30)11-1-3-12(4-2-11)18(32)33/h1-10H,(H,32,33). The van der Waals surface area contributed by atoms with Crippen LogP contribution < -0.4 is 0 Å². The molecule has 0 radical (unpaired) electrons. The number of carbonyl (C=O) groups is 1. The number of carboxylic acids is 1. The van der Waals surface area contributed by atoms with Crippen LogP contribution in [0.2, 0.25) is 0 Å². The van der Waals surface area contributed by atoms with Gasteiger partial charge in [-0.3, -0.25) is 0 Å². The fourth-order valence-electron chi connectivity index (χ4n) is 2.97. The fraction of sp³-hybridized carbons (Fsp3) is 0.100. The predicted molar refractivity (Wildman–Crippen MR) is 101 cm³/mol. The smallest absolute Gasteiger partial charge is 0.435 e. The van der Waals surface area contributed by atoms with Gasteiger partial charge < -0.3 is 5.11 Å². The van der Waals surface area contributed by atoms with Crippen molar-refractivity contribution in [2.45, 2.75) is 12.4 Å². The molecule has 0 fully saturated rings. The average Bonchev–Trinajstić information content (AvgIpc) is 3.41. The summed E-state index contributed by atoms with van der Waals surface area (Å²) in [7, 11) is 0. The van der Waals surface area contributed by atoms with E-state index in [2.05, 4.69) is 15.4 Å². The van der Waals surface area contributed by atoms with E-state index in [-0.39, 0.29) is 22.0 Å². The molecule has 13 heteroatoms. The lowest BCUT2D eigenvalue weighted by Crippen LogP contribution is -2.13. The third-order valence-electron chi connectivity index (χ3n) is 4.57. The largest absolute Gasteiger partial charge is 0.478 e. The van der Waals surface area contributed by atoms with Crippen molar-refractivity contribution in [2.24, 2.45) is 0 Å². The first-order valence-corrected chi connectivity index (χ1v) is 9.05. The van der Waals surface area contributed by atoms with Gasteiger partial charge in [-0.25, -0.2) is 14.2 Å². The third-order valence-corrected chi connectivity index (χ3v) is 4.57. The minimum Gasteiger partial charge on any atom is -0.478 e. The van der Waals surface area contributed by atoms with Gasteiger partial charge in [0.1, 0.15) is 11.4 Å². The quantitative estimate of drug-likeness (QED) is 0.434. The molecular weight excluding hydrogens is 456 g/mol. The minimum atomic E-state index is -5.05. The van der Waals surface area contributed by atoms with Crippen molar-refractivity contribution >= 4 is 5.97 Å². The number of rotatable bonds is 4. The molecule has 0 aliphatic rings. The lowest BCUT2D eigenvalue weighted by Gasteiger charge is -2.10. The molecule has 2 aromatic carbocycles. The summed E-state index contributed by atoms with van der Waals surface area (Å²) in [5.41, 5.74) is -2.01. The summed E-state index contributed by atoms with van der Waals surface area (Å²) in [4.78, 5) is 10.9. The summed E-state index contributed by atoms with van der Waals surface area (Å²) >= 11 is 0. The molecule has 4 rings (SSSR count). The van der Waals surface area contributed by atoms with Gasteiger partial charge in [0, 0.05) is 11.6 Å². The number of halogens is 6. The van der Waals surface area contributed by atoms with Crippen LogP contribution in [-0.2, 0) is 12.4 Å². The number of aromatic nitrogens is 5. The van der Waals surface area contributed by atoms with Crippen LogP contribution in [0.4, 0.5) is 26.3 Å². The lowest BCUT2D eigenvalue weighted by molar-refractivity contribution is -0.143. The van der Waals surface area contributed by atoms with Crippen LogP contribution in [-0.4, -0.2) is 35.9 Å². The van der Waals surface area contributed by atoms with E-state index in [1.807, 2.05) is 0 Å². The van der Waals surface area contributed by atoms with Crippen LogP contribution >= 0.6 is 0 Å². The van der Waals surface area contributed by atoms with E-state index >= 15 is 0 Å². The van der Waals surface area contributed by atoms with Gasteiger partial charge in [0.15, 0.2) is 5.69 Å². The van der Waals surface area contributed by atoms with Gasteiger partial charge in [0.05, 0.1) is 23.1 Å². The Morgan fingerprint density at radius 3 is 2.00 bits per heavy atom. The van der Waals surface area contributed by atoms with Crippen molar-refractivity contribution in [3.8, 4) is 22.6 Å². The summed E-state index contributed by atoms with van der Waals surface area (Å²) in [5, 5.41) is 19.9. The van der Waals surface area contributed by atoms with Crippen molar-refractivity contribution < 1.29 is 36.2 Å². The molecule has 1 N–H and O–H groups in total. The summed E-state index contributed by atoms with van der Waals surface area (Å²) in [6, 6.07) is 10.8. The van der Waals surface area contributed by atoms with Gasteiger partial charge in [-0.05, 0) is 36.4 Å². The Bertz CT molecular complexity index is 1300. The number of aromatic carboxylic acids is 1. The van der Waals surface area contributed by atoms with Crippen LogP contribution in [0.25, 0.3) is 22.6 Å². The predicted octanol–water partition coefficient (Wildman–Crippen LogP) is 4.86. The highest BCUT2D eigenvalue weighted by Gasteiger charge is 2.42. The van der Waals surface area contributed by atoms with E-state index < -0.39 is 29.7 Å². The van der Waals surface area contributed by atoms with Crippen LogP contribution in [0.3, 0.4) is 0 Å². The molecule has 7 nitrogen and oxygen atoms in total. The van der Waals surface area contributed by atoms with Crippen molar-refractivity contribution in [1.29, 1.82) is 0 Å². The topological polar surface area (TPSA) is 85.8 Å². The van der Waals surface area contributed by atoms with Gasteiger partial charge in [-0.15, -0.1) is 5.10 Å². The lowest BCUT2D eigenvalue weighted by atomic mass is 10.1. The number of nitrogens with zero attached hydrogens (tertiary/aromatic N) is 5. The second kappa shape index (κ2) is 7.76. The zero-order valence-electron chi connectivity index (χ0n) is 16.1. The molecule has 0 bridgehead atoms. The summed E-state index contributed by atoms with van der Waals surface area (Å²) in [5.74, 6) is -1.08. The second-order valence-corrected chi connectivity index (χ2v) is 6.77. The Hall–Kier alpha value is -4.16. The molecular formula is C20H11F6N5O2. The zero-order chi connectivity index (χ0) is 24.0.